The summed E-state index contributed by atoms with van der Waals surface area (Å²) in [7, 11) is 0. The number of ether oxygens (including phenoxy) is 1. The van der Waals surface area contributed by atoms with Crippen LogP contribution in [0.15, 0.2) is 11.8 Å². The van der Waals surface area contributed by atoms with Crippen LogP contribution in [0.3, 0.4) is 0 Å². The Morgan fingerprint density at radius 2 is 2.00 bits per heavy atom. The third-order valence-electron chi connectivity index (χ3n) is 2.07. The molecule has 14 heavy (non-hydrogen) atoms. The van der Waals surface area contributed by atoms with Crippen molar-refractivity contribution in [3.05, 3.63) is 11.8 Å². The molecule has 0 radical (unpaired) electrons. The zero-order chi connectivity index (χ0) is 11.0. The van der Waals surface area contributed by atoms with Gasteiger partial charge in [-0.25, -0.2) is 0 Å². The highest BCUT2D eigenvalue weighted by Gasteiger charge is 2.33. The third-order valence-corrected chi connectivity index (χ3v) is 2.07. The van der Waals surface area contributed by atoms with Gasteiger partial charge < -0.3 is 10.1 Å². The molecule has 0 saturated heterocycles. The van der Waals surface area contributed by atoms with Crippen molar-refractivity contribution in [1.29, 1.82) is 0 Å². The van der Waals surface area contributed by atoms with E-state index in [-0.39, 0.29) is 17.0 Å². The molecular formula is C11H19NO2. The lowest BCUT2D eigenvalue weighted by atomic mass is 9.87. The lowest BCUT2D eigenvalue weighted by Gasteiger charge is -2.40. The highest BCUT2D eigenvalue weighted by atomic mass is 16.5. The summed E-state index contributed by atoms with van der Waals surface area (Å²) in [6.45, 7) is 9.77. The standard InChI is InChI=1S/C11H19NO2/c1-8(13)14-9-6-10(2,3)12-11(4,5)7-9/h6,12H,7H2,1-5H3. The molecule has 1 rings (SSSR count). The van der Waals surface area contributed by atoms with E-state index in [1.165, 1.54) is 6.92 Å². The number of carbonyl (C=O) groups excluding carboxylic acids is 1. The van der Waals surface area contributed by atoms with Crippen LogP contribution in [0.25, 0.3) is 0 Å². The minimum absolute atomic E-state index is 0.0248. The molecule has 0 unspecified atom stereocenters. The average Bonchev–Trinajstić information content (AvgIpc) is 1.74. The molecule has 0 atom stereocenters. The predicted molar refractivity (Wildman–Crippen MR) is 55.8 cm³/mol. The molecule has 0 aliphatic carbocycles. The smallest absolute Gasteiger partial charge is 0.307 e. The van der Waals surface area contributed by atoms with Crippen LogP contribution in [-0.4, -0.2) is 17.0 Å². The van der Waals surface area contributed by atoms with Crippen LogP contribution in [0.5, 0.6) is 0 Å². The zero-order valence-electron chi connectivity index (χ0n) is 9.60. The van der Waals surface area contributed by atoms with Crippen LogP contribution in [0.4, 0.5) is 0 Å². The van der Waals surface area contributed by atoms with Crippen molar-refractivity contribution in [3.63, 3.8) is 0 Å². The van der Waals surface area contributed by atoms with Crippen LogP contribution in [-0.2, 0) is 9.53 Å². The van der Waals surface area contributed by atoms with Crippen molar-refractivity contribution in [2.75, 3.05) is 0 Å². The van der Waals surface area contributed by atoms with Crippen molar-refractivity contribution >= 4 is 5.97 Å². The summed E-state index contributed by atoms with van der Waals surface area (Å²) in [5.74, 6) is 0.524. The molecule has 0 bridgehead atoms. The van der Waals surface area contributed by atoms with Gasteiger partial charge in [-0.05, 0) is 33.8 Å². The zero-order valence-corrected chi connectivity index (χ0v) is 9.60. The molecule has 0 fully saturated rings. The third kappa shape index (κ3) is 3.14. The molecule has 1 aliphatic heterocycles. The Labute approximate surface area is 85.5 Å². The molecule has 1 aliphatic rings. The fourth-order valence-electron chi connectivity index (χ4n) is 2.09. The van der Waals surface area contributed by atoms with Crippen LogP contribution in [0.1, 0.15) is 41.0 Å². The summed E-state index contributed by atoms with van der Waals surface area (Å²) >= 11 is 0. The second-order valence-corrected chi connectivity index (χ2v) is 5.11. The van der Waals surface area contributed by atoms with Crippen molar-refractivity contribution < 1.29 is 9.53 Å². The highest BCUT2D eigenvalue weighted by Crippen LogP contribution is 2.27. The summed E-state index contributed by atoms with van der Waals surface area (Å²) in [6, 6.07) is 0. The maximum atomic E-state index is 10.9. The first kappa shape index (κ1) is 11.2. The number of hydrogen-bond donors (Lipinski definition) is 1. The molecule has 0 aromatic carbocycles. The number of hydrogen-bond acceptors (Lipinski definition) is 3. The first-order valence-corrected chi connectivity index (χ1v) is 4.90. The van der Waals surface area contributed by atoms with Gasteiger partial charge in [0.1, 0.15) is 5.76 Å². The van der Waals surface area contributed by atoms with Gasteiger partial charge in [-0.1, -0.05) is 0 Å². The summed E-state index contributed by atoms with van der Waals surface area (Å²) in [5, 5.41) is 3.47. The van der Waals surface area contributed by atoms with Gasteiger partial charge in [-0.3, -0.25) is 4.79 Å². The quantitative estimate of drug-likeness (QED) is 0.653. The van der Waals surface area contributed by atoms with Crippen LogP contribution in [0.2, 0.25) is 0 Å². The molecule has 3 nitrogen and oxygen atoms in total. The Morgan fingerprint density at radius 3 is 2.43 bits per heavy atom. The van der Waals surface area contributed by atoms with Crippen molar-refractivity contribution in [1.82, 2.24) is 5.32 Å². The van der Waals surface area contributed by atoms with Gasteiger partial charge in [0.25, 0.3) is 0 Å². The minimum Gasteiger partial charge on any atom is -0.431 e. The van der Waals surface area contributed by atoms with E-state index in [4.69, 9.17) is 4.74 Å². The van der Waals surface area contributed by atoms with Gasteiger partial charge in [0.2, 0.25) is 0 Å². The summed E-state index contributed by atoms with van der Waals surface area (Å²) in [5.41, 5.74) is -0.143. The molecule has 1 heterocycles. The van der Waals surface area contributed by atoms with Crippen molar-refractivity contribution in [2.24, 2.45) is 0 Å². The first-order chi connectivity index (χ1) is 6.20. The molecular weight excluding hydrogens is 178 g/mol. The van der Waals surface area contributed by atoms with E-state index >= 15 is 0 Å². The van der Waals surface area contributed by atoms with E-state index < -0.39 is 0 Å². The Morgan fingerprint density at radius 1 is 1.43 bits per heavy atom. The number of nitrogens with one attached hydrogen (secondary N) is 1. The number of rotatable bonds is 1. The van der Waals surface area contributed by atoms with Gasteiger partial charge >= 0.3 is 5.97 Å². The second-order valence-electron chi connectivity index (χ2n) is 5.11. The Balaban J connectivity index is 2.85. The maximum absolute atomic E-state index is 10.9. The van der Waals surface area contributed by atoms with Crippen LogP contribution in [0, 0.1) is 0 Å². The van der Waals surface area contributed by atoms with E-state index in [0.29, 0.717) is 0 Å². The Hall–Kier alpha value is -0.830. The molecule has 0 aromatic rings. The lowest BCUT2D eigenvalue weighted by molar-refractivity contribution is -0.137. The SMILES string of the molecule is CC(=O)OC1=CC(C)(C)NC(C)(C)C1. The summed E-state index contributed by atoms with van der Waals surface area (Å²) in [4.78, 5) is 10.9. The van der Waals surface area contributed by atoms with Crippen molar-refractivity contribution in [3.8, 4) is 0 Å². The largest absolute Gasteiger partial charge is 0.431 e. The van der Waals surface area contributed by atoms with E-state index in [9.17, 15) is 4.79 Å². The number of carbonyl (C=O) groups is 1. The van der Waals surface area contributed by atoms with Gasteiger partial charge in [0, 0.05) is 24.4 Å². The van der Waals surface area contributed by atoms with Crippen molar-refractivity contribution in [2.45, 2.75) is 52.1 Å². The minimum atomic E-state index is -0.246. The maximum Gasteiger partial charge on any atom is 0.307 e. The van der Waals surface area contributed by atoms with Gasteiger partial charge in [0.05, 0.1) is 0 Å². The highest BCUT2D eigenvalue weighted by molar-refractivity contribution is 5.67. The van der Waals surface area contributed by atoms with E-state index in [1.807, 2.05) is 6.08 Å². The Bertz CT molecular complexity index is 277. The van der Waals surface area contributed by atoms with E-state index in [1.54, 1.807) is 0 Å². The molecule has 0 amide bonds. The second kappa shape index (κ2) is 3.39. The molecule has 0 saturated carbocycles. The van der Waals surface area contributed by atoms with Crippen LogP contribution >= 0.6 is 0 Å². The summed E-state index contributed by atoms with van der Waals surface area (Å²) < 4.78 is 5.14. The molecule has 1 N–H and O–H groups in total. The van der Waals surface area contributed by atoms with E-state index in [0.717, 1.165) is 12.2 Å². The van der Waals surface area contributed by atoms with Crippen LogP contribution < -0.4 is 5.32 Å². The molecule has 0 spiro atoms. The molecule has 0 aromatic heterocycles. The average molecular weight is 197 g/mol. The molecule has 80 valence electrons. The predicted octanol–water partition coefficient (Wildman–Crippen LogP) is 1.98. The number of esters is 1. The van der Waals surface area contributed by atoms with Gasteiger partial charge in [-0.2, -0.15) is 0 Å². The molecule has 3 heteroatoms. The fraction of sp³-hybridized carbons (Fsp3) is 0.727. The van der Waals surface area contributed by atoms with Gasteiger partial charge in [-0.15, -0.1) is 0 Å². The summed E-state index contributed by atoms with van der Waals surface area (Å²) in [6.07, 6.45) is 2.72. The Kier molecular flexibility index (Phi) is 2.72. The normalized spacial score (nSPS) is 23.9. The topological polar surface area (TPSA) is 38.3 Å². The first-order valence-electron chi connectivity index (χ1n) is 4.90. The van der Waals surface area contributed by atoms with Gasteiger partial charge in [0.15, 0.2) is 0 Å². The van der Waals surface area contributed by atoms with E-state index in [2.05, 4.69) is 33.0 Å². The lowest BCUT2D eigenvalue weighted by Crippen LogP contribution is -2.54. The fourth-order valence-corrected chi connectivity index (χ4v) is 2.09. The monoisotopic (exact) mass is 197 g/mol.